The molecule has 0 aliphatic carbocycles. The number of amides is 2. The maximum atomic E-state index is 13.0. The van der Waals surface area contributed by atoms with Crippen LogP contribution in [-0.2, 0) is 21.5 Å². The number of carbonyl (C=O) groups is 2. The summed E-state index contributed by atoms with van der Waals surface area (Å²) >= 11 is 0. The highest BCUT2D eigenvalue weighted by Gasteiger charge is 2.51. The number of hydrogen-bond donors (Lipinski definition) is 0. The van der Waals surface area contributed by atoms with Crippen molar-refractivity contribution in [1.82, 2.24) is 14.5 Å². The third-order valence-corrected chi connectivity index (χ3v) is 4.97. The van der Waals surface area contributed by atoms with Gasteiger partial charge in [0.15, 0.2) is 0 Å². The zero-order chi connectivity index (χ0) is 17.2. The minimum Gasteiger partial charge on any atom is -0.337 e. The first kappa shape index (κ1) is 16.4. The molecule has 1 saturated heterocycles. The normalized spacial score (nSPS) is 20.8. The molecule has 24 heavy (non-hydrogen) atoms. The van der Waals surface area contributed by atoms with E-state index in [1.165, 1.54) is 4.90 Å². The van der Waals surface area contributed by atoms with E-state index >= 15 is 0 Å². The van der Waals surface area contributed by atoms with E-state index in [4.69, 9.17) is 0 Å². The Morgan fingerprint density at radius 2 is 1.92 bits per heavy atom. The van der Waals surface area contributed by atoms with E-state index in [0.717, 1.165) is 24.1 Å². The molecule has 5 heteroatoms. The van der Waals surface area contributed by atoms with Crippen LogP contribution in [0.2, 0.25) is 0 Å². The van der Waals surface area contributed by atoms with Gasteiger partial charge in [-0.1, -0.05) is 36.8 Å². The van der Waals surface area contributed by atoms with Crippen molar-refractivity contribution < 1.29 is 9.59 Å². The molecule has 0 bridgehead atoms. The molecule has 0 N–H and O–H groups in total. The van der Waals surface area contributed by atoms with Gasteiger partial charge in [0.2, 0.25) is 11.8 Å². The number of rotatable bonds is 6. The molecule has 5 nitrogen and oxygen atoms in total. The van der Waals surface area contributed by atoms with Gasteiger partial charge < -0.3 is 4.57 Å². The molecule has 0 unspecified atom stereocenters. The lowest BCUT2D eigenvalue weighted by molar-refractivity contribution is -0.140. The monoisotopic (exact) mass is 325 g/mol. The lowest BCUT2D eigenvalue weighted by Gasteiger charge is -2.26. The molecule has 2 aromatic rings. The highest BCUT2D eigenvalue weighted by atomic mass is 16.2. The van der Waals surface area contributed by atoms with Crippen LogP contribution in [0.3, 0.4) is 0 Å². The van der Waals surface area contributed by atoms with Crippen LogP contribution >= 0.6 is 0 Å². The number of carbonyl (C=O) groups excluding carboxylic acids is 2. The molecular weight excluding hydrogens is 302 g/mol. The zero-order valence-corrected chi connectivity index (χ0v) is 14.2. The first-order valence-corrected chi connectivity index (χ1v) is 8.44. The lowest BCUT2D eigenvalue weighted by atomic mass is 9.76. The Labute approximate surface area is 142 Å². The summed E-state index contributed by atoms with van der Waals surface area (Å²) in [5.74, 6) is -0.113. The van der Waals surface area contributed by atoms with Crippen LogP contribution in [0.15, 0.2) is 43.0 Å². The van der Waals surface area contributed by atoms with Gasteiger partial charge in [-0.3, -0.25) is 14.5 Å². The molecule has 0 spiro atoms. The van der Waals surface area contributed by atoms with E-state index in [9.17, 15) is 9.59 Å². The number of aromatic nitrogens is 2. The molecule has 0 saturated carbocycles. The average molecular weight is 325 g/mol. The predicted molar refractivity (Wildman–Crippen MR) is 91.3 cm³/mol. The number of imide groups is 1. The molecule has 2 heterocycles. The predicted octanol–water partition coefficient (Wildman–Crippen LogP) is 2.69. The highest BCUT2D eigenvalue weighted by molar-refractivity contribution is 6.09. The number of hydrogen-bond acceptors (Lipinski definition) is 3. The largest absolute Gasteiger partial charge is 0.337 e. The third-order valence-electron chi connectivity index (χ3n) is 4.97. The van der Waals surface area contributed by atoms with Crippen molar-refractivity contribution in [3.8, 4) is 0 Å². The Kier molecular flexibility index (Phi) is 4.51. The number of aryl methyl sites for hydroxylation is 2. The Morgan fingerprint density at radius 3 is 2.54 bits per heavy atom. The van der Waals surface area contributed by atoms with Gasteiger partial charge in [-0.05, 0) is 25.3 Å². The van der Waals surface area contributed by atoms with Crippen LogP contribution in [0.25, 0.3) is 0 Å². The van der Waals surface area contributed by atoms with Gasteiger partial charge in [0.25, 0.3) is 0 Å². The summed E-state index contributed by atoms with van der Waals surface area (Å²) in [5, 5.41) is 0. The summed E-state index contributed by atoms with van der Waals surface area (Å²) < 4.78 is 1.96. The highest BCUT2D eigenvalue weighted by Crippen LogP contribution is 2.39. The maximum Gasteiger partial charge on any atom is 0.240 e. The molecule has 126 valence electrons. The Bertz CT molecular complexity index is 722. The van der Waals surface area contributed by atoms with E-state index in [1.54, 1.807) is 12.5 Å². The van der Waals surface area contributed by atoms with Crippen molar-refractivity contribution in [3.63, 3.8) is 0 Å². The summed E-state index contributed by atoms with van der Waals surface area (Å²) in [7, 11) is 0. The second-order valence-electron chi connectivity index (χ2n) is 6.48. The molecule has 0 radical (unpaired) electrons. The quantitative estimate of drug-likeness (QED) is 0.767. The maximum absolute atomic E-state index is 13.0. The van der Waals surface area contributed by atoms with Gasteiger partial charge in [0.1, 0.15) is 0 Å². The summed E-state index contributed by atoms with van der Waals surface area (Å²) in [4.78, 5) is 31.0. The molecule has 1 aliphatic rings. The first-order chi connectivity index (χ1) is 11.6. The summed E-state index contributed by atoms with van der Waals surface area (Å²) in [6, 6.07) is 7.98. The van der Waals surface area contributed by atoms with E-state index in [1.807, 2.05) is 48.9 Å². The first-order valence-electron chi connectivity index (χ1n) is 8.44. The molecule has 1 atom stereocenters. The fourth-order valence-corrected chi connectivity index (χ4v) is 3.44. The molecule has 2 amide bonds. The smallest absolute Gasteiger partial charge is 0.240 e. The van der Waals surface area contributed by atoms with Gasteiger partial charge in [-0.2, -0.15) is 0 Å². The van der Waals surface area contributed by atoms with Crippen LogP contribution in [0.1, 0.15) is 37.3 Å². The van der Waals surface area contributed by atoms with Crippen LogP contribution < -0.4 is 0 Å². The Balaban J connectivity index is 1.75. The number of benzene rings is 1. The fourth-order valence-electron chi connectivity index (χ4n) is 3.44. The van der Waals surface area contributed by atoms with Gasteiger partial charge >= 0.3 is 0 Å². The van der Waals surface area contributed by atoms with E-state index in [-0.39, 0.29) is 18.2 Å². The molecule has 3 rings (SSSR count). The molecule has 1 fully saturated rings. The zero-order valence-electron chi connectivity index (χ0n) is 14.2. The molecule has 1 aromatic heterocycles. The van der Waals surface area contributed by atoms with E-state index in [2.05, 4.69) is 4.98 Å². The molecule has 1 aromatic carbocycles. The van der Waals surface area contributed by atoms with E-state index in [0.29, 0.717) is 13.0 Å². The number of imidazole rings is 1. The van der Waals surface area contributed by atoms with Gasteiger partial charge in [0.05, 0.1) is 11.7 Å². The number of nitrogens with zero attached hydrogens (tertiary/aromatic N) is 3. The van der Waals surface area contributed by atoms with E-state index < -0.39 is 5.41 Å². The summed E-state index contributed by atoms with van der Waals surface area (Å²) in [5.41, 5.74) is 1.41. The van der Waals surface area contributed by atoms with Crippen LogP contribution in [0.4, 0.5) is 0 Å². The van der Waals surface area contributed by atoms with Gasteiger partial charge in [-0.15, -0.1) is 0 Å². The van der Waals surface area contributed by atoms with Crippen LogP contribution in [0, 0.1) is 6.92 Å². The van der Waals surface area contributed by atoms with Crippen molar-refractivity contribution in [2.45, 2.75) is 45.1 Å². The lowest BCUT2D eigenvalue weighted by Crippen LogP contribution is -2.38. The Morgan fingerprint density at radius 1 is 1.17 bits per heavy atom. The minimum atomic E-state index is -0.695. The molecule has 1 aliphatic heterocycles. The van der Waals surface area contributed by atoms with Crippen LogP contribution in [-0.4, -0.2) is 32.8 Å². The van der Waals surface area contributed by atoms with Gasteiger partial charge in [-0.25, -0.2) is 4.98 Å². The standard InChI is InChI=1S/C19H23N3O2/c1-3-19(16-7-5-15(2)6-8-16)13-17(23)22(18(19)24)11-4-10-21-12-9-20-14-21/h5-9,12,14H,3-4,10-11,13H2,1-2H3/t19-/m0/s1. The van der Waals surface area contributed by atoms with Crippen molar-refractivity contribution in [1.29, 1.82) is 0 Å². The summed E-state index contributed by atoms with van der Waals surface area (Å²) in [6.45, 7) is 5.22. The second-order valence-corrected chi connectivity index (χ2v) is 6.48. The Hall–Kier alpha value is -2.43. The topological polar surface area (TPSA) is 55.2 Å². The number of likely N-dealkylation sites (tertiary alicyclic amines) is 1. The van der Waals surface area contributed by atoms with Crippen molar-refractivity contribution >= 4 is 11.8 Å². The molecular formula is C19H23N3O2. The summed E-state index contributed by atoms with van der Waals surface area (Å²) in [6.07, 6.45) is 7.01. The van der Waals surface area contributed by atoms with Crippen molar-refractivity contribution in [3.05, 3.63) is 54.1 Å². The van der Waals surface area contributed by atoms with Crippen molar-refractivity contribution in [2.75, 3.05) is 6.54 Å². The fraction of sp³-hybridized carbons (Fsp3) is 0.421. The van der Waals surface area contributed by atoms with Gasteiger partial charge in [0, 0.05) is 31.9 Å². The van der Waals surface area contributed by atoms with Crippen molar-refractivity contribution in [2.24, 2.45) is 0 Å². The third kappa shape index (κ3) is 2.86. The average Bonchev–Trinajstić information content (AvgIpc) is 3.17. The minimum absolute atomic E-state index is 0.0514. The van der Waals surface area contributed by atoms with Crippen LogP contribution in [0.5, 0.6) is 0 Å². The SMILES string of the molecule is CC[C@@]1(c2ccc(C)cc2)CC(=O)N(CCCn2ccnc2)C1=O. The second kappa shape index (κ2) is 6.59.